The van der Waals surface area contributed by atoms with Gasteiger partial charge in [-0.25, -0.2) is 22.9 Å². The van der Waals surface area contributed by atoms with Gasteiger partial charge in [-0.3, -0.25) is 10.1 Å². The van der Waals surface area contributed by atoms with Crippen molar-refractivity contribution in [2.45, 2.75) is 6.92 Å². The number of aromatic nitrogens is 1. The molecule has 10 heteroatoms. The summed E-state index contributed by atoms with van der Waals surface area (Å²) in [6.45, 7) is 1.18. The van der Waals surface area contributed by atoms with Crippen LogP contribution in [0, 0.1) is 24.4 Å². The summed E-state index contributed by atoms with van der Waals surface area (Å²) in [5.41, 5.74) is 0.624. The Morgan fingerprint density at radius 1 is 1.18 bits per heavy atom. The molecule has 0 unspecified atom stereocenters. The van der Waals surface area contributed by atoms with Crippen molar-refractivity contribution in [3.63, 3.8) is 0 Å². The molecule has 1 aromatic heterocycles. The van der Waals surface area contributed by atoms with E-state index in [1.807, 2.05) is 0 Å². The molecule has 2 aromatic carbocycles. The first-order valence-electron chi connectivity index (χ1n) is 7.85. The Hall–Kier alpha value is -3.14. The second kappa shape index (κ2) is 7.85. The van der Waals surface area contributed by atoms with Crippen molar-refractivity contribution in [1.29, 1.82) is 0 Å². The van der Waals surface area contributed by atoms with E-state index in [1.165, 1.54) is 19.2 Å². The van der Waals surface area contributed by atoms with E-state index in [4.69, 9.17) is 9.47 Å². The monoisotopic (exact) mass is 410 g/mol. The number of rotatable bonds is 5. The smallest absolute Gasteiger partial charge is 0.338 e. The first kappa shape index (κ1) is 19.6. The highest BCUT2D eigenvalue weighted by Gasteiger charge is 2.19. The number of esters is 1. The Balaban J connectivity index is 1.65. The average molecular weight is 410 g/mol. The molecule has 0 fully saturated rings. The van der Waals surface area contributed by atoms with Gasteiger partial charge in [0, 0.05) is 0 Å². The minimum Gasteiger partial charge on any atom is -0.496 e. The van der Waals surface area contributed by atoms with Crippen LogP contribution in [0.1, 0.15) is 15.9 Å². The summed E-state index contributed by atoms with van der Waals surface area (Å²) in [7, 11) is 1.46. The number of halogens is 3. The molecule has 0 aliphatic heterocycles. The fourth-order valence-electron chi connectivity index (χ4n) is 2.34. The largest absolute Gasteiger partial charge is 0.496 e. The number of thiazole rings is 1. The normalized spacial score (nSPS) is 10.8. The van der Waals surface area contributed by atoms with Gasteiger partial charge in [-0.2, -0.15) is 0 Å². The van der Waals surface area contributed by atoms with E-state index in [0.29, 0.717) is 5.75 Å². The van der Waals surface area contributed by atoms with E-state index < -0.39 is 41.5 Å². The number of methoxy groups -OCH3 is 1. The highest BCUT2D eigenvalue weighted by molar-refractivity contribution is 7.22. The maximum atomic E-state index is 13.7. The highest BCUT2D eigenvalue weighted by atomic mass is 32.1. The van der Waals surface area contributed by atoms with Crippen molar-refractivity contribution in [3.8, 4) is 5.75 Å². The molecule has 1 heterocycles. The molecule has 1 amide bonds. The van der Waals surface area contributed by atoms with Gasteiger partial charge in [0.05, 0.1) is 17.4 Å². The molecule has 0 spiro atoms. The van der Waals surface area contributed by atoms with Gasteiger partial charge in [-0.05, 0) is 30.7 Å². The van der Waals surface area contributed by atoms with Crippen LogP contribution >= 0.6 is 11.3 Å². The van der Waals surface area contributed by atoms with Gasteiger partial charge in [0.25, 0.3) is 5.91 Å². The van der Waals surface area contributed by atoms with Crippen molar-refractivity contribution in [3.05, 3.63) is 52.8 Å². The summed E-state index contributed by atoms with van der Waals surface area (Å²) < 4.78 is 50.2. The molecule has 3 rings (SSSR count). The Bertz CT molecular complexity index is 1080. The number of nitrogens with one attached hydrogen (secondary N) is 1. The molecule has 6 nitrogen and oxygen atoms in total. The average Bonchev–Trinajstić information content (AvgIpc) is 3.06. The van der Waals surface area contributed by atoms with Crippen LogP contribution in [-0.4, -0.2) is 30.6 Å². The first-order chi connectivity index (χ1) is 13.3. The molecular formula is C18H13F3N2O4S. The van der Waals surface area contributed by atoms with Gasteiger partial charge in [-0.15, -0.1) is 0 Å². The lowest BCUT2D eigenvalue weighted by molar-refractivity contribution is -0.119. The van der Waals surface area contributed by atoms with Crippen LogP contribution < -0.4 is 10.1 Å². The van der Waals surface area contributed by atoms with Crippen LogP contribution in [-0.2, 0) is 9.53 Å². The third kappa shape index (κ3) is 3.91. The highest BCUT2D eigenvalue weighted by Crippen LogP contribution is 2.30. The van der Waals surface area contributed by atoms with Crippen molar-refractivity contribution >= 4 is 38.6 Å². The lowest BCUT2D eigenvalue weighted by Gasteiger charge is -2.08. The Morgan fingerprint density at radius 3 is 2.64 bits per heavy atom. The van der Waals surface area contributed by atoms with E-state index in [0.717, 1.165) is 23.0 Å². The van der Waals surface area contributed by atoms with Gasteiger partial charge >= 0.3 is 5.97 Å². The number of hydrogen-bond acceptors (Lipinski definition) is 6. The van der Waals surface area contributed by atoms with Gasteiger partial charge in [0.15, 0.2) is 29.2 Å². The topological polar surface area (TPSA) is 77.5 Å². The van der Waals surface area contributed by atoms with E-state index in [1.54, 1.807) is 13.0 Å². The summed E-state index contributed by atoms with van der Waals surface area (Å²) in [5.74, 6) is -5.42. The predicted molar refractivity (Wildman–Crippen MR) is 96.1 cm³/mol. The molecule has 0 aliphatic carbocycles. The number of amides is 1. The SMILES string of the molecule is COc1cc(C(=O)OCC(=O)Nc2nc3c(F)c(F)c(F)cc3s2)ccc1C. The molecule has 0 saturated heterocycles. The lowest BCUT2D eigenvalue weighted by atomic mass is 10.1. The van der Waals surface area contributed by atoms with Crippen LogP contribution in [0.5, 0.6) is 5.75 Å². The molecule has 0 atom stereocenters. The number of hydrogen-bond donors (Lipinski definition) is 1. The molecule has 0 radical (unpaired) electrons. The number of anilines is 1. The van der Waals surface area contributed by atoms with E-state index in [2.05, 4.69) is 10.3 Å². The number of carbonyl (C=O) groups is 2. The summed E-state index contributed by atoms with van der Waals surface area (Å²) in [6.07, 6.45) is 0. The maximum absolute atomic E-state index is 13.7. The van der Waals surface area contributed by atoms with E-state index >= 15 is 0 Å². The fraction of sp³-hybridized carbons (Fsp3) is 0.167. The first-order valence-corrected chi connectivity index (χ1v) is 8.67. The van der Waals surface area contributed by atoms with Crippen molar-refractivity contribution in [2.75, 3.05) is 19.0 Å². The number of ether oxygens (including phenoxy) is 2. The Kier molecular flexibility index (Phi) is 5.50. The number of aryl methyl sites for hydroxylation is 1. The van der Waals surface area contributed by atoms with E-state index in [-0.39, 0.29) is 15.4 Å². The zero-order chi connectivity index (χ0) is 20.4. The summed E-state index contributed by atoms with van der Waals surface area (Å²) in [5, 5.41) is 2.20. The van der Waals surface area contributed by atoms with Crippen molar-refractivity contribution < 1.29 is 32.2 Å². The van der Waals surface area contributed by atoms with Gasteiger partial charge < -0.3 is 9.47 Å². The van der Waals surface area contributed by atoms with Crippen LogP contribution in [0.2, 0.25) is 0 Å². The zero-order valence-corrected chi connectivity index (χ0v) is 15.5. The van der Waals surface area contributed by atoms with Crippen LogP contribution in [0.4, 0.5) is 18.3 Å². The summed E-state index contributed by atoms with van der Waals surface area (Å²) in [4.78, 5) is 27.7. The Morgan fingerprint density at radius 2 is 1.93 bits per heavy atom. The second-order valence-corrected chi connectivity index (χ2v) is 6.69. The van der Waals surface area contributed by atoms with Gasteiger partial charge in [-0.1, -0.05) is 17.4 Å². The quantitative estimate of drug-likeness (QED) is 0.511. The minimum absolute atomic E-state index is 0.0236. The number of carbonyl (C=O) groups excluding carboxylic acids is 2. The van der Waals surface area contributed by atoms with Crippen molar-refractivity contribution in [2.24, 2.45) is 0 Å². The third-order valence-corrected chi connectivity index (χ3v) is 4.66. The molecule has 1 N–H and O–H groups in total. The molecule has 0 saturated carbocycles. The third-order valence-electron chi connectivity index (χ3n) is 3.75. The second-order valence-electron chi connectivity index (χ2n) is 5.66. The Labute approximate surface area is 160 Å². The molecule has 3 aromatic rings. The van der Waals surface area contributed by atoms with Gasteiger partial charge in [0.2, 0.25) is 0 Å². The van der Waals surface area contributed by atoms with Crippen LogP contribution in [0.3, 0.4) is 0 Å². The lowest BCUT2D eigenvalue weighted by Crippen LogP contribution is -2.20. The summed E-state index contributed by atoms with van der Waals surface area (Å²) >= 11 is 0.753. The number of benzene rings is 2. The van der Waals surface area contributed by atoms with Crippen LogP contribution in [0.25, 0.3) is 10.2 Å². The molecule has 0 aliphatic rings. The number of fused-ring (bicyclic) bond motifs is 1. The summed E-state index contributed by atoms with van der Waals surface area (Å²) in [6, 6.07) is 5.46. The molecule has 146 valence electrons. The van der Waals surface area contributed by atoms with Gasteiger partial charge in [0.1, 0.15) is 11.3 Å². The molecule has 28 heavy (non-hydrogen) atoms. The number of nitrogens with zero attached hydrogens (tertiary/aromatic N) is 1. The fourth-order valence-corrected chi connectivity index (χ4v) is 3.25. The zero-order valence-electron chi connectivity index (χ0n) is 14.6. The molecule has 0 bridgehead atoms. The standard InChI is InChI=1S/C18H13F3N2O4S/c1-8-3-4-9(5-11(8)26-2)17(25)27-7-13(24)22-18-23-16-12(28-18)6-10(19)14(20)15(16)21/h3-6H,7H2,1-2H3,(H,22,23,24). The maximum Gasteiger partial charge on any atom is 0.338 e. The van der Waals surface area contributed by atoms with Crippen molar-refractivity contribution in [1.82, 2.24) is 4.98 Å². The predicted octanol–water partition coefficient (Wildman–Crippen LogP) is 3.83. The molecular weight excluding hydrogens is 397 g/mol. The van der Waals surface area contributed by atoms with Crippen LogP contribution in [0.15, 0.2) is 24.3 Å². The minimum atomic E-state index is -1.64. The van der Waals surface area contributed by atoms with E-state index in [9.17, 15) is 22.8 Å².